The Bertz CT molecular complexity index is 126. The third kappa shape index (κ3) is 5.94. The predicted molar refractivity (Wildman–Crippen MR) is 58.3 cm³/mol. The molecule has 0 bridgehead atoms. The Morgan fingerprint density at radius 3 is 2.17 bits per heavy atom. The van der Waals surface area contributed by atoms with Crippen LogP contribution in [0.25, 0.3) is 0 Å². The molecule has 4 heteroatoms. The van der Waals surface area contributed by atoms with Crippen molar-refractivity contribution in [3.05, 3.63) is 0 Å². The lowest BCUT2D eigenvalue weighted by atomic mass is 10.3. The molecule has 0 fully saturated rings. The summed E-state index contributed by atoms with van der Waals surface area (Å²) in [6.07, 6.45) is 1.42. The maximum absolute atomic E-state index is 5.87. The summed E-state index contributed by atoms with van der Waals surface area (Å²) in [6, 6.07) is 0. The molecule has 0 aliphatic heterocycles. The van der Waals surface area contributed by atoms with Crippen molar-refractivity contribution in [2.45, 2.75) is 52.6 Å². The van der Waals surface area contributed by atoms with Crippen molar-refractivity contribution in [1.29, 1.82) is 0 Å². The van der Waals surface area contributed by atoms with Gasteiger partial charge in [-0.25, -0.2) is 0 Å². The van der Waals surface area contributed by atoms with E-state index in [0.29, 0.717) is 6.10 Å². The average molecular weight is 206 g/mol. The molecule has 0 aliphatic carbocycles. The normalized spacial score (nSPS) is 15.2. The van der Waals surface area contributed by atoms with E-state index in [1.807, 2.05) is 0 Å². The SMILES string of the molecule is CCC(C)O[Si](C)(C)O[SiH](C)C. The van der Waals surface area contributed by atoms with Crippen molar-refractivity contribution in [1.82, 2.24) is 0 Å². The molecular formula is C8H22O2Si2. The Morgan fingerprint density at radius 1 is 1.33 bits per heavy atom. The van der Waals surface area contributed by atoms with E-state index < -0.39 is 17.6 Å². The minimum Gasteiger partial charge on any atom is -0.439 e. The van der Waals surface area contributed by atoms with Gasteiger partial charge in [0.2, 0.25) is 0 Å². The molecule has 74 valence electrons. The molecule has 0 rings (SSSR count). The van der Waals surface area contributed by atoms with Crippen LogP contribution < -0.4 is 0 Å². The lowest BCUT2D eigenvalue weighted by molar-refractivity contribution is 0.170. The molecular weight excluding hydrogens is 184 g/mol. The molecule has 2 nitrogen and oxygen atoms in total. The Hall–Kier alpha value is 0.354. The van der Waals surface area contributed by atoms with Gasteiger partial charge in [-0.2, -0.15) is 0 Å². The van der Waals surface area contributed by atoms with Gasteiger partial charge in [0.05, 0.1) is 0 Å². The molecule has 0 N–H and O–H groups in total. The first-order valence-corrected chi connectivity index (χ1v) is 10.3. The first-order valence-electron chi connectivity index (χ1n) is 4.73. The summed E-state index contributed by atoms with van der Waals surface area (Å²) in [7, 11) is -2.72. The highest BCUT2D eigenvalue weighted by atomic mass is 28.4. The van der Waals surface area contributed by atoms with Crippen LogP contribution >= 0.6 is 0 Å². The van der Waals surface area contributed by atoms with Gasteiger partial charge < -0.3 is 8.54 Å². The van der Waals surface area contributed by atoms with Crippen LogP contribution in [-0.4, -0.2) is 23.7 Å². The molecule has 0 radical (unpaired) electrons. The van der Waals surface area contributed by atoms with Crippen molar-refractivity contribution < 1.29 is 8.54 Å². The summed E-state index contributed by atoms with van der Waals surface area (Å²) >= 11 is 0. The molecule has 0 aliphatic rings. The molecule has 1 atom stereocenters. The number of hydrogen-bond donors (Lipinski definition) is 0. The van der Waals surface area contributed by atoms with E-state index >= 15 is 0 Å². The minimum atomic E-state index is -1.79. The zero-order chi connectivity index (χ0) is 9.78. The van der Waals surface area contributed by atoms with E-state index in [9.17, 15) is 0 Å². The van der Waals surface area contributed by atoms with Gasteiger partial charge in [0.25, 0.3) is 0 Å². The van der Waals surface area contributed by atoms with Gasteiger partial charge in [0.15, 0.2) is 9.04 Å². The molecule has 0 aromatic heterocycles. The Kier molecular flexibility index (Phi) is 5.32. The molecule has 0 saturated carbocycles. The van der Waals surface area contributed by atoms with E-state index in [0.717, 1.165) is 6.42 Å². The quantitative estimate of drug-likeness (QED) is 0.644. The van der Waals surface area contributed by atoms with Gasteiger partial charge in [0.1, 0.15) is 0 Å². The highest BCUT2D eigenvalue weighted by Crippen LogP contribution is 2.12. The van der Waals surface area contributed by atoms with Gasteiger partial charge >= 0.3 is 8.56 Å². The maximum Gasteiger partial charge on any atom is 0.321 e. The molecule has 12 heavy (non-hydrogen) atoms. The summed E-state index contributed by atoms with van der Waals surface area (Å²) in [4.78, 5) is 0. The van der Waals surface area contributed by atoms with E-state index in [2.05, 4.69) is 40.0 Å². The second-order valence-corrected chi connectivity index (χ2v) is 9.98. The van der Waals surface area contributed by atoms with Gasteiger partial charge in [-0.05, 0) is 39.5 Å². The Morgan fingerprint density at radius 2 is 1.83 bits per heavy atom. The standard InChI is InChI=1S/C8H22O2Si2/c1-7-8(2)9-12(5,6)10-11(3)4/h8,11H,7H2,1-6H3. The van der Waals surface area contributed by atoms with Crippen LogP contribution in [-0.2, 0) is 8.54 Å². The van der Waals surface area contributed by atoms with E-state index in [1.165, 1.54) is 0 Å². The van der Waals surface area contributed by atoms with Crippen LogP contribution in [0, 0.1) is 0 Å². The first kappa shape index (κ1) is 12.4. The highest BCUT2D eigenvalue weighted by molar-refractivity contribution is 6.72. The van der Waals surface area contributed by atoms with Crippen LogP contribution in [0.3, 0.4) is 0 Å². The zero-order valence-corrected chi connectivity index (χ0v) is 11.3. The summed E-state index contributed by atoms with van der Waals surface area (Å²) in [6.45, 7) is 12.9. The van der Waals surface area contributed by atoms with Gasteiger partial charge in [-0.1, -0.05) is 6.92 Å². The van der Waals surface area contributed by atoms with Gasteiger partial charge in [-0.15, -0.1) is 0 Å². The van der Waals surface area contributed by atoms with Crippen molar-refractivity contribution in [3.63, 3.8) is 0 Å². The summed E-state index contributed by atoms with van der Waals surface area (Å²) in [5.41, 5.74) is 0. The minimum absolute atomic E-state index is 0.347. The number of hydrogen-bond acceptors (Lipinski definition) is 2. The summed E-state index contributed by atoms with van der Waals surface area (Å²) < 4.78 is 11.7. The van der Waals surface area contributed by atoms with Crippen molar-refractivity contribution in [3.8, 4) is 0 Å². The van der Waals surface area contributed by atoms with Crippen molar-refractivity contribution in [2.24, 2.45) is 0 Å². The lowest BCUT2D eigenvalue weighted by Gasteiger charge is -2.28. The van der Waals surface area contributed by atoms with E-state index in [4.69, 9.17) is 8.54 Å². The summed E-state index contributed by atoms with van der Waals surface area (Å²) in [5, 5.41) is 0. The fraction of sp³-hybridized carbons (Fsp3) is 1.00. The fourth-order valence-electron chi connectivity index (χ4n) is 1.16. The second kappa shape index (κ2) is 5.16. The first-order chi connectivity index (χ1) is 5.37. The van der Waals surface area contributed by atoms with Crippen LogP contribution in [0.15, 0.2) is 0 Å². The lowest BCUT2D eigenvalue weighted by Crippen LogP contribution is -2.41. The third-order valence-corrected chi connectivity index (χ3v) is 6.71. The topological polar surface area (TPSA) is 18.5 Å². The smallest absolute Gasteiger partial charge is 0.321 e. The largest absolute Gasteiger partial charge is 0.439 e. The molecule has 0 saturated heterocycles. The Balaban J connectivity index is 3.85. The second-order valence-electron chi connectivity index (χ2n) is 3.90. The van der Waals surface area contributed by atoms with Crippen LogP contribution in [0.4, 0.5) is 0 Å². The van der Waals surface area contributed by atoms with Crippen LogP contribution in [0.2, 0.25) is 26.2 Å². The highest BCUT2D eigenvalue weighted by Gasteiger charge is 2.27. The molecule has 0 aromatic rings. The summed E-state index contributed by atoms with van der Waals surface area (Å²) in [5.74, 6) is 0. The molecule has 0 amide bonds. The molecule has 1 unspecified atom stereocenters. The average Bonchev–Trinajstić information content (AvgIpc) is 1.83. The number of rotatable bonds is 5. The molecule has 0 aromatic carbocycles. The van der Waals surface area contributed by atoms with Crippen LogP contribution in [0.5, 0.6) is 0 Å². The zero-order valence-electron chi connectivity index (χ0n) is 9.18. The predicted octanol–water partition coefficient (Wildman–Crippen LogP) is 2.50. The molecule has 0 heterocycles. The molecule has 0 spiro atoms. The Labute approximate surface area is 79.2 Å². The van der Waals surface area contributed by atoms with E-state index in [1.54, 1.807) is 0 Å². The maximum atomic E-state index is 5.87. The monoisotopic (exact) mass is 206 g/mol. The van der Waals surface area contributed by atoms with Gasteiger partial charge in [-0.3, -0.25) is 0 Å². The van der Waals surface area contributed by atoms with Gasteiger partial charge in [0, 0.05) is 6.10 Å². The van der Waals surface area contributed by atoms with Crippen molar-refractivity contribution >= 4 is 17.6 Å². The van der Waals surface area contributed by atoms with Crippen LogP contribution in [0.1, 0.15) is 20.3 Å². The van der Waals surface area contributed by atoms with Crippen molar-refractivity contribution in [2.75, 3.05) is 0 Å². The fourth-order valence-corrected chi connectivity index (χ4v) is 7.06. The van der Waals surface area contributed by atoms with E-state index in [-0.39, 0.29) is 0 Å². The third-order valence-electron chi connectivity index (χ3n) is 1.58.